The molecule has 236 valence electrons. The molecule has 7 heteroatoms. The summed E-state index contributed by atoms with van der Waals surface area (Å²) in [7, 11) is -1.12. The molecule has 0 bridgehead atoms. The first-order chi connectivity index (χ1) is 19.8. The van der Waals surface area contributed by atoms with Crippen LogP contribution in [0.5, 0.6) is 0 Å². The van der Waals surface area contributed by atoms with E-state index in [1.807, 2.05) is 19.9 Å². The van der Waals surface area contributed by atoms with Gasteiger partial charge in [-0.25, -0.2) is 0 Å². The van der Waals surface area contributed by atoms with E-state index in [4.69, 9.17) is 23.7 Å². The van der Waals surface area contributed by atoms with E-state index in [2.05, 4.69) is 94.4 Å². The van der Waals surface area contributed by atoms with Gasteiger partial charge in [0, 0.05) is 26.6 Å². The van der Waals surface area contributed by atoms with Gasteiger partial charge >= 0.3 is 0 Å². The zero-order chi connectivity index (χ0) is 30.8. The lowest BCUT2D eigenvalue weighted by Crippen LogP contribution is -2.52. The molecule has 1 aromatic carbocycles. The van der Waals surface area contributed by atoms with Gasteiger partial charge in [0.25, 0.3) is 0 Å². The first-order valence-electron chi connectivity index (χ1n) is 15.9. The topological polar surface area (TPSA) is 49.4 Å². The summed E-state index contributed by atoms with van der Waals surface area (Å²) in [6.07, 6.45) is 5.44. The van der Waals surface area contributed by atoms with E-state index in [9.17, 15) is 0 Å². The van der Waals surface area contributed by atoms with E-state index >= 15 is 0 Å². The average Bonchev–Trinajstić information content (AvgIpc) is 3.51. The van der Waals surface area contributed by atoms with Crippen molar-refractivity contribution in [2.75, 3.05) is 33.1 Å². The maximum atomic E-state index is 6.66. The highest BCUT2D eigenvalue weighted by Gasteiger charge is 2.42. The van der Waals surface area contributed by atoms with Gasteiger partial charge in [-0.3, -0.25) is 4.90 Å². The van der Waals surface area contributed by atoms with Crippen LogP contribution < -0.4 is 0 Å². The lowest BCUT2D eigenvalue weighted by molar-refractivity contribution is -0.157. The Bertz CT molecular complexity index is 1040. The first kappa shape index (κ1) is 35.0. The fraction of sp³-hybridized carbons (Fsp3) is 0.714. The van der Waals surface area contributed by atoms with Gasteiger partial charge < -0.3 is 23.7 Å². The van der Waals surface area contributed by atoms with Crippen LogP contribution >= 0.6 is 0 Å². The lowest BCUT2D eigenvalue weighted by Gasteiger charge is -2.39. The van der Waals surface area contributed by atoms with Gasteiger partial charge in [-0.1, -0.05) is 74.8 Å². The molecule has 42 heavy (non-hydrogen) atoms. The molecule has 2 saturated heterocycles. The largest absolute Gasteiger partial charge is 0.367 e. The van der Waals surface area contributed by atoms with Gasteiger partial charge in [0.2, 0.25) is 0 Å². The molecule has 0 unspecified atom stereocenters. The van der Waals surface area contributed by atoms with Crippen molar-refractivity contribution in [1.29, 1.82) is 0 Å². The second kappa shape index (κ2) is 16.0. The van der Waals surface area contributed by atoms with Gasteiger partial charge in [-0.2, -0.15) is 0 Å². The molecule has 2 heterocycles. The number of rotatable bonds is 15. The summed E-state index contributed by atoms with van der Waals surface area (Å²) in [6.45, 7) is 23.5. The fourth-order valence-corrected chi connectivity index (χ4v) is 6.52. The van der Waals surface area contributed by atoms with Crippen LogP contribution in [0.25, 0.3) is 0 Å². The SMILES string of the molecule is C/C(=C\C[C@@H](C)C#CCN1CCC[C@H]1[C@](C)(COCOCC[Si](C)(C)C)OCc1ccccc1)[C@H]1OC(C)(C)O[C@@H]1C. The molecule has 5 atom stereocenters. The van der Waals surface area contributed by atoms with E-state index < -0.39 is 19.5 Å². The quantitative estimate of drug-likeness (QED) is 0.0695. The van der Waals surface area contributed by atoms with Crippen molar-refractivity contribution in [3.05, 3.63) is 47.5 Å². The van der Waals surface area contributed by atoms with Crippen molar-refractivity contribution in [2.24, 2.45) is 5.92 Å². The Morgan fingerprint density at radius 3 is 2.60 bits per heavy atom. The van der Waals surface area contributed by atoms with Crippen LogP contribution in [0.2, 0.25) is 25.7 Å². The van der Waals surface area contributed by atoms with Crippen LogP contribution in [0.15, 0.2) is 42.0 Å². The summed E-state index contributed by atoms with van der Waals surface area (Å²) in [5.74, 6) is 6.73. The predicted molar refractivity (Wildman–Crippen MR) is 174 cm³/mol. The molecule has 0 saturated carbocycles. The molecule has 0 aromatic heterocycles. The molecule has 0 amide bonds. The summed E-state index contributed by atoms with van der Waals surface area (Å²) in [4.78, 5) is 2.48. The van der Waals surface area contributed by atoms with Gasteiger partial charge in [-0.05, 0) is 77.6 Å². The van der Waals surface area contributed by atoms with Crippen LogP contribution in [0, 0.1) is 17.8 Å². The molecular weight excluding hydrogens is 542 g/mol. The highest BCUT2D eigenvalue weighted by Crippen LogP contribution is 2.33. The predicted octanol–water partition coefficient (Wildman–Crippen LogP) is 7.27. The van der Waals surface area contributed by atoms with E-state index in [1.54, 1.807) is 0 Å². The molecule has 2 aliphatic heterocycles. The Hall–Kier alpha value is -1.50. The summed E-state index contributed by atoms with van der Waals surface area (Å²) < 4.78 is 30.6. The van der Waals surface area contributed by atoms with E-state index in [-0.39, 0.29) is 24.2 Å². The van der Waals surface area contributed by atoms with Crippen LogP contribution in [0.1, 0.15) is 66.4 Å². The molecule has 6 nitrogen and oxygen atoms in total. The molecule has 0 aliphatic carbocycles. The van der Waals surface area contributed by atoms with Crippen LogP contribution in [0.4, 0.5) is 0 Å². The minimum atomic E-state index is -1.12. The molecule has 1 aromatic rings. The Kier molecular flexibility index (Phi) is 13.3. The zero-order valence-electron chi connectivity index (χ0n) is 27.8. The number of benzene rings is 1. The Labute approximate surface area is 257 Å². The Morgan fingerprint density at radius 2 is 1.93 bits per heavy atom. The maximum Gasteiger partial charge on any atom is 0.164 e. The van der Waals surface area contributed by atoms with Crippen molar-refractivity contribution < 1.29 is 23.7 Å². The average molecular weight is 600 g/mol. The van der Waals surface area contributed by atoms with Gasteiger partial charge in [-0.15, -0.1) is 0 Å². The third-order valence-corrected chi connectivity index (χ3v) is 9.92. The number of nitrogens with zero attached hydrogens (tertiary/aromatic N) is 1. The van der Waals surface area contributed by atoms with Gasteiger partial charge in [0.1, 0.15) is 18.5 Å². The van der Waals surface area contributed by atoms with Crippen LogP contribution in [0.3, 0.4) is 0 Å². The van der Waals surface area contributed by atoms with E-state index in [1.165, 1.54) is 11.1 Å². The molecule has 0 spiro atoms. The van der Waals surface area contributed by atoms with Crippen molar-refractivity contribution in [1.82, 2.24) is 4.90 Å². The fourth-order valence-electron chi connectivity index (χ4n) is 5.77. The van der Waals surface area contributed by atoms with Gasteiger partial charge in [0.05, 0.1) is 25.9 Å². The Balaban J connectivity index is 1.57. The molecule has 0 radical (unpaired) electrons. The summed E-state index contributed by atoms with van der Waals surface area (Å²) in [5, 5.41) is 0. The summed E-state index contributed by atoms with van der Waals surface area (Å²) in [5.41, 5.74) is 1.93. The molecule has 2 fully saturated rings. The number of likely N-dealkylation sites (tertiary alicyclic amines) is 1. The molecule has 2 aliphatic rings. The minimum absolute atomic E-state index is 0.00652. The second-order valence-corrected chi connectivity index (χ2v) is 19.7. The van der Waals surface area contributed by atoms with E-state index in [0.717, 1.165) is 45.0 Å². The second-order valence-electron chi connectivity index (χ2n) is 14.1. The number of hydrogen-bond acceptors (Lipinski definition) is 6. The highest BCUT2D eigenvalue weighted by atomic mass is 28.3. The monoisotopic (exact) mass is 599 g/mol. The summed E-state index contributed by atoms with van der Waals surface area (Å²) >= 11 is 0. The van der Waals surface area contributed by atoms with Crippen molar-refractivity contribution in [2.45, 2.75) is 123 Å². The number of hydrogen-bond donors (Lipinski definition) is 0. The third kappa shape index (κ3) is 11.5. The summed E-state index contributed by atoms with van der Waals surface area (Å²) in [6, 6.07) is 11.8. The Morgan fingerprint density at radius 1 is 1.19 bits per heavy atom. The normalized spacial score (nSPS) is 25.2. The number of allylic oxidation sites excluding steroid dienone is 1. The highest BCUT2D eigenvalue weighted by molar-refractivity contribution is 6.76. The smallest absolute Gasteiger partial charge is 0.164 e. The van der Waals surface area contributed by atoms with Crippen LogP contribution in [-0.2, 0) is 30.3 Å². The molecular formula is C35H57NO5Si. The third-order valence-electron chi connectivity index (χ3n) is 8.21. The standard InChI is InChI=1S/C35H57NO5Si/c1-28(19-20-29(2)33-30(3)40-34(4,5)41-33)15-13-21-36-22-14-18-32(36)35(6,39-25-31-16-11-10-12-17-31)26-38-27-37-23-24-42(7,8)9/h10-12,16-17,20,28,30,32-33H,14,18-19,21-27H2,1-9H3/b29-20+/t28-,30+,32-,33+,35-/m0/s1. The minimum Gasteiger partial charge on any atom is -0.367 e. The van der Waals surface area contributed by atoms with Crippen molar-refractivity contribution >= 4 is 8.07 Å². The van der Waals surface area contributed by atoms with Crippen molar-refractivity contribution in [3.63, 3.8) is 0 Å². The lowest BCUT2D eigenvalue weighted by atomic mass is 9.94. The first-order valence-corrected chi connectivity index (χ1v) is 19.6. The number of ether oxygens (including phenoxy) is 5. The zero-order valence-corrected chi connectivity index (χ0v) is 28.8. The molecule has 0 N–H and O–H groups in total. The van der Waals surface area contributed by atoms with Crippen molar-refractivity contribution in [3.8, 4) is 11.8 Å². The van der Waals surface area contributed by atoms with Gasteiger partial charge in [0.15, 0.2) is 5.79 Å². The maximum absolute atomic E-state index is 6.66. The molecule has 3 rings (SSSR count). The van der Waals surface area contributed by atoms with E-state index in [0.29, 0.717) is 20.0 Å². The van der Waals surface area contributed by atoms with Crippen LogP contribution in [-0.4, -0.2) is 75.7 Å².